The maximum Gasteiger partial charge on any atom is 0.277 e. The molecule has 0 unspecified atom stereocenters. The molecular formula is C13H11N3O4. The SMILES string of the molecule is CC(=O)c1cc(-c2ccc([N+](=O)[O-])cc2)nn(C)c1=O. The number of nitro benzene ring substituents is 1. The van der Waals surface area contributed by atoms with Crippen LogP contribution in [0.5, 0.6) is 0 Å². The number of aryl methyl sites for hydroxylation is 1. The predicted molar refractivity (Wildman–Crippen MR) is 71.6 cm³/mol. The van der Waals surface area contributed by atoms with Crippen LogP contribution in [0.2, 0.25) is 0 Å². The first-order valence-corrected chi connectivity index (χ1v) is 5.74. The van der Waals surface area contributed by atoms with E-state index in [1.807, 2.05) is 0 Å². The first-order chi connectivity index (χ1) is 9.40. The summed E-state index contributed by atoms with van der Waals surface area (Å²) in [7, 11) is 1.45. The molecule has 0 saturated carbocycles. The minimum Gasteiger partial charge on any atom is -0.294 e. The summed E-state index contributed by atoms with van der Waals surface area (Å²) in [6.07, 6.45) is 0. The molecule has 0 radical (unpaired) electrons. The van der Waals surface area contributed by atoms with Crippen molar-refractivity contribution >= 4 is 11.5 Å². The van der Waals surface area contributed by atoms with Crippen LogP contribution >= 0.6 is 0 Å². The van der Waals surface area contributed by atoms with Gasteiger partial charge >= 0.3 is 0 Å². The van der Waals surface area contributed by atoms with Crippen LogP contribution in [0.15, 0.2) is 35.1 Å². The Kier molecular flexibility index (Phi) is 3.43. The van der Waals surface area contributed by atoms with Crippen molar-refractivity contribution in [3.05, 3.63) is 56.4 Å². The molecule has 0 saturated heterocycles. The Labute approximate surface area is 113 Å². The Hall–Kier alpha value is -2.83. The molecule has 7 heteroatoms. The molecule has 0 fully saturated rings. The number of non-ortho nitro benzene ring substituents is 1. The number of hydrogen-bond acceptors (Lipinski definition) is 5. The molecule has 1 heterocycles. The number of benzene rings is 1. The van der Waals surface area contributed by atoms with E-state index in [1.54, 1.807) is 0 Å². The fourth-order valence-corrected chi connectivity index (χ4v) is 1.76. The summed E-state index contributed by atoms with van der Waals surface area (Å²) < 4.78 is 1.08. The zero-order chi connectivity index (χ0) is 14.9. The Morgan fingerprint density at radius 2 is 1.90 bits per heavy atom. The Balaban J connectivity index is 2.55. The van der Waals surface area contributed by atoms with Gasteiger partial charge in [-0.05, 0) is 25.1 Å². The summed E-state index contributed by atoms with van der Waals surface area (Å²) >= 11 is 0. The summed E-state index contributed by atoms with van der Waals surface area (Å²) in [5.74, 6) is -0.351. The van der Waals surface area contributed by atoms with Crippen molar-refractivity contribution in [2.75, 3.05) is 0 Å². The second kappa shape index (κ2) is 5.04. The third-order valence-corrected chi connectivity index (χ3v) is 2.82. The molecule has 20 heavy (non-hydrogen) atoms. The van der Waals surface area contributed by atoms with Crippen molar-refractivity contribution in [1.29, 1.82) is 0 Å². The van der Waals surface area contributed by atoms with Crippen LogP contribution in [-0.4, -0.2) is 20.5 Å². The van der Waals surface area contributed by atoms with Gasteiger partial charge < -0.3 is 0 Å². The third-order valence-electron chi connectivity index (χ3n) is 2.82. The normalized spacial score (nSPS) is 10.3. The van der Waals surface area contributed by atoms with Crippen LogP contribution in [-0.2, 0) is 7.05 Å². The van der Waals surface area contributed by atoms with Crippen LogP contribution in [0.1, 0.15) is 17.3 Å². The summed E-state index contributed by atoms with van der Waals surface area (Å²) in [5, 5.41) is 14.6. The van der Waals surface area contributed by atoms with Gasteiger partial charge in [-0.1, -0.05) is 0 Å². The lowest BCUT2D eigenvalue weighted by Gasteiger charge is -2.05. The lowest BCUT2D eigenvalue weighted by molar-refractivity contribution is -0.384. The molecule has 0 atom stereocenters. The zero-order valence-electron chi connectivity index (χ0n) is 10.9. The second-order valence-electron chi connectivity index (χ2n) is 4.23. The minimum absolute atomic E-state index is 0.0367. The molecule has 1 aromatic carbocycles. The van der Waals surface area contributed by atoms with Crippen molar-refractivity contribution in [3.8, 4) is 11.3 Å². The van der Waals surface area contributed by atoms with Crippen LogP contribution in [0, 0.1) is 10.1 Å². The van der Waals surface area contributed by atoms with Crippen LogP contribution < -0.4 is 5.56 Å². The molecule has 0 amide bonds. The summed E-state index contributed by atoms with van der Waals surface area (Å²) in [5.41, 5.74) is 0.533. The first kappa shape index (κ1) is 13.6. The van der Waals surface area contributed by atoms with E-state index in [2.05, 4.69) is 5.10 Å². The molecule has 0 aliphatic rings. The summed E-state index contributed by atoms with van der Waals surface area (Å²) in [6.45, 7) is 1.30. The van der Waals surface area contributed by atoms with Gasteiger partial charge in [0, 0.05) is 24.7 Å². The van der Waals surface area contributed by atoms with Gasteiger partial charge in [0.2, 0.25) is 0 Å². The number of hydrogen-bond donors (Lipinski definition) is 0. The highest BCUT2D eigenvalue weighted by Gasteiger charge is 2.12. The van der Waals surface area contributed by atoms with E-state index in [0.29, 0.717) is 11.3 Å². The van der Waals surface area contributed by atoms with Gasteiger partial charge in [-0.3, -0.25) is 19.7 Å². The molecular weight excluding hydrogens is 262 g/mol. The zero-order valence-corrected chi connectivity index (χ0v) is 10.9. The summed E-state index contributed by atoms with van der Waals surface area (Å²) in [6, 6.07) is 7.13. The van der Waals surface area contributed by atoms with Crippen LogP contribution in [0.4, 0.5) is 5.69 Å². The lowest BCUT2D eigenvalue weighted by atomic mass is 10.1. The van der Waals surface area contributed by atoms with Crippen molar-refractivity contribution in [1.82, 2.24) is 9.78 Å². The van der Waals surface area contributed by atoms with Gasteiger partial charge in [-0.15, -0.1) is 0 Å². The fraction of sp³-hybridized carbons (Fsp3) is 0.154. The van der Waals surface area contributed by atoms with Crippen molar-refractivity contribution in [2.45, 2.75) is 6.92 Å². The Morgan fingerprint density at radius 1 is 1.30 bits per heavy atom. The predicted octanol–water partition coefficient (Wildman–Crippen LogP) is 1.56. The monoisotopic (exact) mass is 273 g/mol. The molecule has 0 N–H and O–H groups in total. The quantitative estimate of drug-likeness (QED) is 0.480. The minimum atomic E-state index is -0.501. The maximum atomic E-state index is 11.7. The number of Topliss-reactive ketones (excluding diaryl/α,β-unsaturated/α-hetero) is 1. The van der Waals surface area contributed by atoms with E-state index in [0.717, 1.165) is 4.68 Å². The number of carbonyl (C=O) groups is 1. The number of nitrogens with zero attached hydrogens (tertiary/aromatic N) is 3. The van der Waals surface area contributed by atoms with Gasteiger partial charge in [-0.2, -0.15) is 5.10 Å². The fourth-order valence-electron chi connectivity index (χ4n) is 1.76. The second-order valence-corrected chi connectivity index (χ2v) is 4.23. The third kappa shape index (κ3) is 2.46. The molecule has 2 rings (SSSR count). The highest BCUT2D eigenvalue weighted by molar-refractivity contribution is 5.94. The highest BCUT2D eigenvalue weighted by Crippen LogP contribution is 2.20. The molecule has 2 aromatic rings. The van der Waals surface area contributed by atoms with Gasteiger partial charge in [0.05, 0.1) is 16.2 Å². The average molecular weight is 273 g/mol. The van der Waals surface area contributed by atoms with E-state index in [9.17, 15) is 19.7 Å². The number of rotatable bonds is 3. The van der Waals surface area contributed by atoms with Crippen molar-refractivity contribution in [3.63, 3.8) is 0 Å². The summed E-state index contributed by atoms with van der Waals surface area (Å²) in [4.78, 5) is 33.2. The molecule has 0 aliphatic heterocycles. The lowest BCUT2D eigenvalue weighted by Crippen LogP contribution is -2.25. The van der Waals surface area contributed by atoms with E-state index >= 15 is 0 Å². The van der Waals surface area contributed by atoms with Gasteiger partial charge in [-0.25, -0.2) is 4.68 Å². The standard InChI is InChI=1S/C13H11N3O4/c1-8(17)11-7-12(14-15(2)13(11)18)9-3-5-10(6-4-9)16(19)20/h3-7H,1-2H3. The average Bonchev–Trinajstić information content (AvgIpc) is 2.41. The van der Waals surface area contributed by atoms with E-state index in [-0.39, 0.29) is 17.0 Å². The molecule has 102 valence electrons. The van der Waals surface area contributed by atoms with Gasteiger partial charge in [0.1, 0.15) is 0 Å². The molecule has 7 nitrogen and oxygen atoms in total. The van der Waals surface area contributed by atoms with Crippen molar-refractivity contribution < 1.29 is 9.72 Å². The Morgan fingerprint density at radius 3 is 2.40 bits per heavy atom. The largest absolute Gasteiger partial charge is 0.294 e. The molecule has 0 aliphatic carbocycles. The van der Waals surface area contributed by atoms with Crippen LogP contribution in [0.25, 0.3) is 11.3 Å². The van der Waals surface area contributed by atoms with E-state index in [4.69, 9.17) is 0 Å². The maximum absolute atomic E-state index is 11.7. The number of aromatic nitrogens is 2. The smallest absolute Gasteiger partial charge is 0.277 e. The van der Waals surface area contributed by atoms with Crippen LogP contribution in [0.3, 0.4) is 0 Å². The topological polar surface area (TPSA) is 95.1 Å². The van der Waals surface area contributed by atoms with Gasteiger partial charge in [0.25, 0.3) is 11.2 Å². The van der Waals surface area contributed by atoms with Gasteiger partial charge in [0.15, 0.2) is 5.78 Å². The first-order valence-electron chi connectivity index (χ1n) is 5.74. The Bertz CT molecular complexity index is 747. The van der Waals surface area contributed by atoms with E-state index in [1.165, 1.54) is 44.3 Å². The van der Waals surface area contributed by atoms with Crippen molar-refractivity contribution in [2.24, 2.45) is 7.05 Å². The highest BCUT2D eigenvalue weighted by atomic mass is 16.6. The molecule has 0 bridgehead atoms. The molecule has 0 spiro atoms. The number of ketones is 1. The number of carbonyl (C=O) groups excluding carboxylic acids is 1. The number of nitro groups is 1. The van der Waals surface area contributed by atoms with E-state index < -0.39 is 10.5 Å². The molecule has 1 aromatic heterocycles.